The zero-order valence-electron chi connectivity index (χ0n) is 10.8. The van der Waals surface area contributed by atoms with Gasteiger partial charge in [0.05, 0.1) is 13.2 Å². The molecule has 1 aliphatic rings. The standard InChI is InChI=1S/C11H22F3N3O/c1-15-2-4-16(5-3-15)6-7-17(8-9-18)10-11(12,13)14/h18H,2-10H2,1H3. The van der Waals surface area contributed by atoms with Crippen LogP contribution >= 0.6 is 0 Å². The highest BCUT2D eigenvalue weighted by Crippen LogP contribution is 2.16. The van der Waals surface area contributed by atoms with Crippen LogP contribution in [0.3, 0.4) is 0 Å². The summed E-state index contributed by atoms with van der Waals surface area (Å²) in [4.78, 5) is 5.64. The number of likely N-dealkylation sites (N-methyl/N-ethyl adjacent to an activating group) is 1. The van der Waals surface area contributed by atoms with Crippen molar-refractivity contribution in [3.8, 4) is 0 Å². The third-order valence-corrected chi connectivity index (χ3v) is 3.15. The lowest BCUT2D eigenvalue weighted by molar-refractivity contribution is -0.147. The molecular formula is C11H22F3N3O. The van der Waals surface area contributed by atoms with E-state index >= 15 is 0 Å². The first-order chi connectivity index (χ1) is 8.40. The molecular weight excluding hydrogens is 247 g/mol. The van der Waals surface area contributed by atoms with Crippen molar-refractivity contribution in [1.29, 1.82) is 0 Å². The number of alkyl halides is 3. The number of hydrogen-bond acceptors (Lipinski definition) is 4. The Labute approximate surface area is 106 Å². The van der Waals surface area contributed by atoms with Crippen LogP contribution in [-0.2, 0) is 0 Å². The molecule has 0 aromatic carbocycles. The van der Waals surface area contributed by atoms with Gasteiger partial charge in [-0.2, -0.15) is 13.2 Å². The summed E-state index contributed by atoms with van der Waals surface area (Å²) in [5.74, 6) is 0. The zero-order valence-corrected chi connectivity index (χ0v) is 10.8. The van der Waals surface area contributed by atoms with Crippen molar-refractivity contribution < 1.29 is 18.3 Å². The molecule has 108 valence electrons. The van der Waals surface area contributed by atoms with Gasteiger partial charge in [0.1, 0.15) is 0 Å². The smallest absolute Gasteiger partial charge is 0.395 e. The summed E-state index contributed by atoms with van der Waals surface area (Å²) in [5.41, 5.74) is 0. The number of nitrogens with zero attached hydrogens (tertiary/aromatic N) is 3. The number of rotatable bonds is 6. The third-order valence-electron chi connectivity index (χ3n) is 3.15. The molecule has 7 heteroatoms. The molecule has 1 N–H and O–H groups in total. The van der Waals surface area contributed by atoms with Crippen LogP contribution in [0.5, 0.6) is 0 Å². The van der Waals surface area contributed by atoms with Gasteiger partial charge in [-0.15, -0.1) is 0 Å². The molecule has 0 bridgehead atoms. The number of aliphatic hydroxyl groups is 1. The Morgan fingerprint density at radius 3 is 2.22 bits per heavy atom. The lowest BCUT2D eigenvalue weighted by Crippen LogP contribution is -2.48. The van der Waals surface area contributed by atoms with Gasteiger partial charge in [-0.25, -0.2) is 0 Å². The van der Waals surface area contributed by atoms with Gasteiger partial charge in [0.25, 0.3) is 0 Å². The largest absolute Gasteiger partial charge is 0.401 e. The first-order valence-electron chi connectivity index (χ1n) is 6.21. The first-order valence-corrected chi connectivity index (χ1v) is 6.21. The van der Waals surface area contributed by atoms with Crippen LogP contribution in [0.25, 0.3) is 0 Å². The van der Waals surface area contributed by atoms with Gasteiger partial charge in [-0.3, -0.25) is 9.80 Å². The Bertz CT molecular complexity index is 230. The average Bonchev–Trinajstić information content (AvgIpc) is 2.26. The van der Waals surface area contributed by atoms with Crippen molar-refractivity contribution in [3.05, 3.63) is 0 Å². The molecule has 0 saturated carbocycles. The van der Waals surface area contributed by atoms with Crippen LogP contribution in [0.2, 0.25) is 0 Å². The second-order valence-electron chi connectivity index (χ2n) is 4.76. The highest BCUT2D eigenvalue weighted by molar-refractivity contribution is 4.72. The van der Waals surface area contributed by atoms with E-state index in [1.807, 2.05) is 7.05 Å². The lowest BCUT2D eigenvalue weighted by atomic mass is 10.3. The maximum Gasteiger partial charge on any atom is 0.401 e. The van der Waals surface area contributed by atoms with E-state index in [1.54, 1.807) is 0 Å². The lowest BCUT2D eigenvalue weighted by Gasteiger charge is -2.34. The van der Waals surface area contributed by atoms with Crippen LogP contribution in [0.15, 0.2) is 0 Å². The normalized spacial score (nSPS) is 19.7. The maximum absolute atomic E-state index is 12.3. The molecule has 1 aliphatic heterocycles. The van der Waals surface area contributed by atoms with Crippen molar-refractivity contribution in [2.45, 2.75) is 6.18 Å². The molecule has 0 aliphatic carbocycles. The van der Waals surface area contributed by atoms with Crippen LogP contribution in [0.4, 0.5) is 13.2 Å². The minimum atomic E-state index is -4.20. The van der Waals surface area contributed by atoms with Crippen LogP contribution in [-0.4, -0.2) is 92.0 Å². The van der Waals surface area contributed by atoms with E-state index in [1.165, 1.54) is 4.90 Å². The fraction of sp³-hybridized carbons (Fsp3) is 1.00. The van der Waals surface area contributed by atoms with E-state index in [0.29, 0.717) is 13.1 Å². The van der Waals surface area contributed by atoms with E-state index in [9.17, 15) is 13.2 Å². The predicted molar refractivity (Wildman–Crippen MR) is 63.5 cm³/mol. The molecule has 0 aromatic heterocycles. The van der Waals surface area contributed by atoms with Crippen molar-refractivity contribution in [3.63, 3.8) is 0 Å². The van der Waals surface area contributed by atoms with Gasteiger partial charge in [0.15, 0.2) is 0 Å². The summed E-state index contributed by atoms with van der Waals surface area (Å²) in [6.45, 7) is 3.59. The molecule has 18 heavy (non-hydrogen) atoms. The van der Waals surface area contributed by atoms with E-state index < -0.39 is 12.7 Å². The highest BCUT2D eigenvalue weighted by Gasteiger charge is 2.30. The van der Waals surface area contributed by atoms with Gasteiger partial charge >= 0.3 is 6.18 Å². The number of piperazine rings is 1. The number of hydrogen-bond donors (Lipinski definition) is 1. The molecule has 1 saturated heterocycles. The van der Waals surface area contributed by atoms with Gasteiger partial charge in [0.2, 0.25) is 0 Å². The summed E-state index contributed by atoms with van der Waals surface area (Å²) in [6, 6.07) is 0. The van der Waals surface area contributed by atoms with E-state index in [0.717, 1.165) is 26.2 Å². The number of aliphatic hydroxyl groups excluding tert-OH is 1. The van der Waals surface area contributed by atoms with Gasteiger partial charge in [-0.05, 0) is 7.05 Å². The van der Waals surface area contributed by atoms with Crippen LogP contribution < -0.4 is 0 Å². The predicted octanol–water partition coefficient (Wildman–Crippen LogP) is 0.0904. The summed E-state index contributed by atoms with van der Waals surface area (Å²) in [6.07, 6.45) is -4.20. The molecule has 1 rings (SSSR count). The summed E-state index contributed by atoms with van der Waals surface area (Å²) in [5, 5.41) is 8.78. The van der Waals surface area contributed by atoms with Crippen molar-refractivity contribution >= 4 is 0 Å². The second kappa shape index (κ2) is 7.28. The minimum absolute atomic E-state index is 0.0766. The average molecular weight is 269 g/mol. The molecule has 0 atom stereocenters. The highest BCUT2D eigenvalue weighted by atomic mass is 19.4. The van der Waals surface area contributed by atoms with E-state index in [2.05, 4.69) is 9.80 Å². The molecule has 0 amide bonds. The Kier molecular flexibility index (Phi) is 6.34. The van der Waals surface area contributed by atoms with Gasteiger partial charge < -0.3 is 10.0 Å². The maximum atomic E-state index is 12.3. The molecule has 0 aromatic rings. The van der Waals surface area contributed by atoms with Gasteiger partial charge in [0, 0.05) is 45.8 Å². The molecule has 0 unspecified atom stereocenters. The van der Waals surface area contributed by atoms with Crippen LogP contribution in [0.1, 0.15) is 0 Å². The zero-order chi connectivity index (χ0) is 13.6. The minimum Gasteiger partial charge on any atom is -0.395 e. The molecule has 4 nitrogen and oxygen atoms in total. The summed E-state index contributed by atoms with van der Waals surface area (Å²) in [7, 11) is 2.04. The van der Waals surface area contributed by atoms with E-state index in [-0.39, 0.29) is 13.2 Å². The van der Waals surface area contributed by atoms with Crippen molar-refractivity contribution in [2.75, 3.05) is 66.0 Å². The summed E-state index contributed by atoms with van der Waals surface area (Å²) >= 11 is 0. The fourth-order valence-corrected chi connectivity index (χ4v) is 2.02. The van der Waals surface area contributed by atoms with Crippen LogP contribution in [0, 0.1) is 0 Å². The quantitative estimate of drug-likeness (QED) is 0.740. The monoisotopic (exact) mass is 269 g/mol. The molecule has 0 spiro atoms. The van der Waals surface area contributed by atoms with Crippen molar-refractivity contribution in [1.82, 2.24) is 14.7 Å². The van der Waals surface area contributed by atoms with Crippen molar-refractivity contribution in [2.24, 2.45) is 0 Å². The Morgan fingerprint density at radius 2 is 1.72 bits per heavy atom. The molecule has 0 radical (unpaired) electrons. The third kappa shape index (κ3) is 6.53. The number of halogens is 3. The molecule has 1 fully saturated rings. The fourth-order valence-electron chi connectivity index (χ4n) is 2.02. The van der Waals surface area contributed by atoms with Gasteiger partial charge in [-0.1, -0.05) is 0 Å². The van der Waals surface area contributed by atoms with E-state index in [4.69, 9.17) is 5.11 Å². The second-order valence-corrected chi connectivity index (χ2v) is 4.76. The Hall–Kier alpha value is -0.370. The molecule has 1 heterocycles. The summed E-state index contributed by atoms with van der Waals surface area (Å²) < 4.78 is 36.9. The Morgan fingerprint density at radius 1 is 1.11 bits per heavy atom. The Balaban J connectivity index is 2.28. The topological polar surface area (TPSA) is 30.0 Å². The first kappa shape index (κ1) is 15.7. The SMILES string of the molecule is CN1CCN(CCN(CCO)CC(F)(F)F)CC1.